The van der Waals surface area contributed by atoms with E-state index in [0.29, 0.717) is 18.2 Å². The van der Waals surface area contributed by atoms with Crippen LogP contribution in [0.4, 0.5) is 11.5 Å². The van der Waals surface area contributed by atoms with E-state index in [2.05, 4.69) is 40.7 Å². The summed E-state index contributed by atoms with van der Waals surface area (Å²) in [5.74, 6) is 0.590. The van der Waals surface area contributed by atoms with E-state index in [1.165, 1.54) is 5.56 Å². The Bertz CT molecular complexity index is 940. The standard InChI is InChI=1S/C19H24N4O3S/c1-12(2)15-6-4-5-13(3)18(15)21-17-8-7-16(22-23-17)19(24)20-14-9-10-27(25,26)11-14/h4-8,12,14H,9-11H2,1-3H3,(H,20,24)(H,21,23). The first kappa shape index (κ1) is 19.3. The molecule has 2 aromatic rings. The SMILES string of the molecule is Cc1cccc(C(C)C)c1Nc1ccc(C(=O)NC2CCS(=O)(=O)C2)nn1. The molecule has 2 N–H and O–H groups in total. The topological polar surface area (TPSA) is 101 Å². The van der Waals surface area contributed by atoms with Crippen LogP contribution in [0.15, 0.2) is 30.3 Å². The molecule has 0 aliphatic carbocycles. The van der Waals surface area contributed by atoms with Gasteiger partial charge in [-0.3, -0.25) is 4.79 Å². The van der Waals surface area contributed by atoms with E-state index in [1.54, 1.807) is 12.1 Å². The molecule has 1 fully saturated rings. The Hall–Kier alpha value is -2.48. The summed E-state index contributed by atoms with van der Waals surface area (Å²) in [5.41, 5.74) is 3.45. The third-order valence-electron chi connectivity index (χ3n) is 4.64. The van der Waals surface area contributed by atoms with E-state index in [9.17, 15) is 13.2 Å². The van der Waals surface area contributed by atoms with Crippen molar-refractivity contribution in [3.8, 4) is 0 Å². The molecule has 8 heteroatoms. The lowest BCUT2D eigenvalue weighted by atomic mass is 9.98. The van der Waals surface area contributed by atoms with Crippen LogP contribution >= 0.6 is 0 Å². The van der Waals surface area contributed by atoms with Gasteiger partial charge in [-0.1, -0.05) is 32.0 Å². The van der Waals surface area contributed by atoms with Crippen LogP contribution in [0.5, 0.6) is 0 Å². The van der Waals surface area contributed by atoms with Crippen molar-refractivity contribution in [2.75, 3.05) is 16.8 Å². The zero-order chi connectivity index (χ0) is 19.6. The molecule has 0 bridgehead atoms. The first-order valence-corrected chi connectivity index (χ1v) is 10.8. The number of aryl methyl sites for hydroxylation is 1. The summed E-state index contributed by atoms with van der Waals surface area (Å²) in [5, 5.41) is 14.1. The number of benzene rings is 1. The second kappa shape index (κ2) is 7.64. The predicted octanol–water partition coefficient (Wildman–Crippen LogP) is 2.57. The molecule has 1 saturated heterocycles. The average molecular weight is 388 g/mol. The zero-order valence-electron chi connectivity index (χ0n) is 15.7. The zero-order valence-corrected chi connectivity index (χ0v) is 16.5. The van der Waals surface area contributed by atoms with Gasteiger partial charge < -0.3 is 10.6 Å². The van der Waals surface area contributed by atoms with Gasteiger partial charge in [-0.25, -0.2) is 8.42 Å². The molecule has 0 radical (unpaired) electrons. The number of hydrogen-bond donors (Lipinski definition) is 2. The molecule has 1 atom stereocenters. The number of sulfone groups is 1. The number of para-hydroxylation sites is 1. The summed E-state index contributed by atoms with van der Waals surface area (Å²) in [7, 11) is -3.04. The number of carbonyl (C=O) groups excluding carboxylic acids is 1. The molecule has 1 aromatic carbocycles. The van der Waals surface area contributed by atoms with E-state index >= 15 is 0 Å². The molecule has 0 spiro atoms. The van der Waals surface area contributed by atoms with E-state index < -0.39 is 15.7 Å². The van der Waals surface area contributed by atoms with Gasteiger partial charge >= 0.3 is 0 Å². The molecule has 1 aromatic heterocycles. The van der Waals surface area contributed by atoms with Crippen LogP contribution in [0.25, 0.3) is 0 Å². The van der Waals surface area contributed by atoms with Crippen molar-refractivity contribution in [3.05, 3.63) is 47.2 Å². The fourth-order valence-electron chi connectivity index (χ4n) is 3.16. The van der Waals surface area contributed by atoms with Crippen molar-refractivity contribution < 1.29 is 13.2 Å². The third kappa shape index (κ3) is 4.63. The smallest absolute Gasteiger partial charge is 0.272 e. The van der Waals surface area contributed by atoms with Gasteiger partial charge in [0.15, 0.2) is 21.3 Å². The molecular formula is C19H24N4O3S. The van der Waals surface area contributed by atoms with Gasteiger partial charge in [-0.2, -0.15) is 0 Å². The highest BCUT2D eigenvalue weighted by atomic mass is 32.2. The second-order valence-electron chi connectivity index (χ2n) is 7.20. The maximum atomic E-state index is 12.2. The molecule has 27 heavy (non-hydrogen) atoms. The normalized spacial score (nSPS) is 18.4. The first-order chi connectivity index (χ1) is 12.7. The Balaban J connectivity index is 1.70. The molecule has 7 nitrogen and oxygen atoms in total. The summed E-state index contributed by atoms with van der Waals surface area (Å²) in [6, 6.07) is 9.05. The lowest BCUT2D eigenvalue weighted by Crippen LogP contribution is -2.36. The Kier molecular flexibility index (Phi) is 5.46. The fraction of sp³-hybridized carbons (Fsp3) is 0.421. The number of carbonyl (C=O) groups is 1. The monoisotopic (exact) mass is 388 g/mol. The molecule has 1 aliphatic rings. The number of nitrogens with zero attached hydrogens (tertiary/aromatic N) is 2. The number of hydrogen-bond acceptors (Lipinski definition) is 6. The van der Waals surface area contributed by atoms with Crippen molar-refractivity contribution in [2.24, 2.45) is 0 Å². The van der Waals surface area contributed by atoms with E-state index in [-0.39, 0.29) is 23.2 Å². The summed E-state index contributed by atoms with van der Waals surface area (Å²) < 4.78 is 23.0. The van der Waals surface area contributed by atoms with Crippen molar-refractivity contribution in [3.63, 3.8) is 0 Å². The van der Waals surface area contributed by atoms with Gasteiger partial charge in [0.25, 0.3) is 5.91 Å². The van der Waals surface area contributed by atoms with Crippen molar-refractivity contribution in [1.29, 1.82) is 0 Å². The van der Waals surface area contributed by atoms with Crippen molar-refractivity contribution >= 4 is 27.2 Å². The minimum atomic E-state index is -3.04. The molecule has 1 amide bonds. The van der Waals surface area contributed by atoms with Crippen molar-refractivity contribution in [2.45, 2.75) is 39.2 Å². The minimum Gasteiger partial charge on any atom is -0.347 e. The number of anilines is 2. The van der Waals surface area contributed by atoms with Gasteiger partial charge in [0.1, 0.15) is 0 Å². The summed E-state index contributed by atoms with van der Waals surface area (Å²) in [6.45, 7) is 6.28. The van der Waals surface area contributed by atoms with Crippen LogP contribution < -0.4 is 10.6 Å². The third-order valence-corrected chi connectivity index (χ3v) is 6.41. The van der Waals surface area contributed by atoms with Crippen LogP contribution in [0.2, 0.25) is 0 Å². The lowest BCUT2D eigenvalue weighted by Gasteiger charge is -2.16. The number of aromatic nitrogens is 2. The fourth-order valence-corrected chi connectivity index (χ4v) is 4.83. The number of nitrogens with one attached hydrogen (secondary N) is 2. The maximum Gasteiger partial charge on any atom is 0.272 e. The van der Waals surface area contributed by atoms with Gasteiger partial charge in [-0.05, 0) is 42.5 Å². The van der Waals surface area contributed by atoms with Crippen LogP contribution in [0, 0.1) is 6.92 Å². The Morgan fingerprint density at radius 1 is 1.19 bits per heavy atom. The second-order valence-corrected chi connectivity index (χ2v) is 9.42. The molecule has 3 rings (SSSR count). The van der Waals surface area contributed by atoms with Gasteiger partial charge in [0, 0.05) is 11.7 Å². The Morgan fingerprint density at radius 3 is 2.56 bits per heavy atom. The lowest BCUT2D eigenvalue weighted by molar-refractivity contribution is 0.0935. The average Bonchev–Trinajstić information content (AvgIpc) is 2.95. The van der Waals surface area contributed by atoms with Crippen LogP contribution in [0.1, 0.15) is 47.8 Å². The van der Waals surface area contributed by atoms with E-state index in [1.807, 2.05) is 19.1 Å². The molecule has 144 valence electrons. The highest BCUT2D eigenvalue weighted by Crippen LogP contribution is 2.29. The predicted molar refractivity (Wildman–Crippen MR) is 105 cm³/mol. The minimum absolute atomic E-state index is 0.0168. The van der Waals surface area contributed by atoms with Gasteiger partial charge in [0.05, 0.1) is 11.5 Å². The Labute approximate surface area is 159 Å². The van der Waals surface area contributed by atoms with Gasteiger partial charge in [0.2, 0.25) is 0 Å². The highest BCUT2D eigenvalue weighted by molar-refractivity contribution is 7.91. The number of rotatable bonds is 5. The first-order valence-electron chi connectivity index (χ1n) is 8.97. The van der Waals surface area contributed by atoms with Crippen LogP contribution in [-0.2, 0) is 9.84 Å². The maximum absolute atomic E-state index is 12.2. The van der Waals surface area contributed by atoms with E-state index in [4.69, 9.17) is 0 Å². The summed E-state index contributed by atoms with van der Waals surface area (Å²) in [4.78, 5) is 12.2. The molecule has 1 aliphatic heterocycles. The van der Waals surface area contributed by atoms with Crippen LogP contribution in [-0.4, -0.2) is 42.1 Å². The molecule has 1 unspecified atom stereocenters. The van der Waals surface area contributed by atoms with Crippen molar-refractivity contribution in [1.82, 2.24) is 15.5 Å². The largest absolute Gasteiger partial charge is 0.347 e. The Morgan fingerprint density at radius 2 is 1.96 bits per heavy atom. The number of amides is 1. The molecular weight excluding hydrogens is 364 g/mol. The molecule has 2 heterocycles. The van der Waals surface area contributed by atoms with Gasteiger partial charge in [-0.15, -0.1) is 10.2 Å². The highest BCUT2D eigenvalue weighted by Gasteiger charge is 2.29. The summed E-state index contributed by atoms with van der Waals surface area (Å²) in [6.07, 6.45) is 0.437. The summed E-state index contributed by atoms with van der Waals surface area (Å²) >= 11 is 0. The van der Waals surface area contributed by atoms with Crippen LogP contribution in [0.3, 0.4) is 0 Å². The molecule has 0 saturated carbocycles. The quantitative estimate of drug-likeness (QED) is 0.816. The van der Waals surface area contributed by atoms with E-state index in [0.717, 1.165) is 11.3 Å².